The molecule has 1 aliphatic heterocycles. The normalized spacial score (nSPS) is 19.2. The number of hydrogen-bond donors (Lipinski definition) is 0. The number of tetrazole rings is 1. The van der Waals surface area contributed by atoms with E-state index in [1.54, 1.807) is 4.88 Å². The Morgan fingerprint density at radius 2 is 2.30 bits per heavy atom. The molecule has 0 radical (unpaired) electrons. The van der Waals surface area contributed by atoms with E-state index in [0.29, 0.717) is 6.04 Å². The first-order chi connectivity index (χ1) is 9.83. The first-order valence-electron chi connectivity index (χ1n) is 7.38. The molecule has 0 saturated carbocycles. The van der Waals surface area contributed by atoms with E-state index in [1.807, 2.05) is 16.0 Å². The molecule has 0 N–H and O–H groups in total. The zero-order valence-corrected chi connectivity index (χ0v) is 12.9. The second-order valence-corrected chi connectivity index (χ2v) is 6.26. The van der Waals surface area contributed by atoms with E-state index in [9.17, 15) is 0 Å². The molecule has 0 spiro atoms. The van der Waals surface area contributed by atoms with Gasteiger partial charge in [-0.15, -0.1) is 16.4 Å². The molecule has 108 valence electrons. The van der Waals surface area contributed by atoms with Crippen molar-refractivity contribution < 1.29 is 0 Å². The number of aromatic nitrogens is 4. The van der Waals surface area contributed by atoms with Crippen LogP contribution in [0.5, 0.6) is 0 Å². The van der Waals surface area contributed by atoms with E-state index in [4.69, 9.17) is 0 Å². The molecule has 2 aromatic rings. The Morgan fingerprint density at radius 3 is 3.10 bits per heavy atom. The molecule has 0 amide bonds. The zero-order chi connectivity index (χ0) is 13.9. The Hall–Kier alpha value is -1.27. The third kappa shape index (κ3) is 2.50. The van der Waals surface area contributed by atoms with Crippen molar-refractivity contribution in [3.05, 3.63) is 27.7 Å². The molecular weight excluding hydrogens is 270 g/mol. The summed E-state index contributed by atoms with van der Waals surface area (Å²) in [6, 6.07) is 2.80. The number of hydrogen-bond acceptors (Lipinski definition) is 5. The number of aryl methyl sites for hydroxylation is 1. The van der Waals surface area contributed by atoms with Crippen molar-refractivity contribution in [1.29, 1.82) is 0 Å². The molecule has 0 aromatic carbocycles. The van der Waals surface area contributed by atoms with Gasteiger partial charge in [-0.05, 0) is 46.7 Å². The highest BCUT2D eigenvalue weighted by Gasteiger charge is 2.28. The number of rotatable bonds is 5. The first-order valence-corrected chi connectivity index (χ1v) is 8.26. The summed E-state index contributed by atoms with van der Waals surface area (Å²) >= 11 is 1.89. The van der Waals surface area contributed by atoms with Crippen LogP contribution in [0.2, 0.25) is 0 Å². The van der Waals surface area contributed by atoms with Gasteiger partial charge in [0.05, 0.1) is 6.54 Å². The third-order valence-corrected chi connectivity index (χ3v) is 4.97. The lowest BCUT2D eigenvalue weighted by Crippen LogP contribution is -2.35. The van der Waals surface area contributed by atoms with Gasteiger partial charge in [0.15, 0.2) is 5.82 Å². The van der Waals surface area contributed by atoms with Crippen LogP contribution in [0.15, 0.2) is 11.4 Å². The molecule has 3 heterocycles. The van der Waals surface area contributed by atoms with Crippen molar-refractivity contribution in [3.63, 3.8) is 0 Å². The number of thiophene rings is 1. The summed E-state index contributed by atoms with van der Waals surface area (Å²) in [4.78, 5) is 4.08. The second-order valence-electron chi connectivity index (χ2n) is 5.26. The van der Waals surface area contributed by atoms with Crippen LogP contribution in [-0.4, -0.2) is 31.7 Å². The van der Waals surface area contributed by atoms with Crippen LogP contribution in [0, 0.1) is 0 Å². The number of fused-ring (bicyclic) bond motifs is 1. The van der Waals surface area contributed by atoms with Gasteiger partial charge in [0.1, 0.15) is 0 Å². The average molecular weight is 291 g/mol. The first kappa shape index (κ1) is 13.7. The molecule has 5 nitrogen and oxygen atoms in total. The summed E-state index contributed by atoms with van der Waals surface area (Å²) < 4.78 is 1.94. The van der Waals surface area contributed by atoms with E-state index >= 15 is 0 Å². The van der Waals surface area contributed by atoms with Gasteiger partial charge in [-0.3, -0.25) is 4.90 Å². The fourth-order valence-electron chi connectivity index (χ4n) is 3.02. The average Bonchev–Trinajstić information content (AvgIpc) is 3.08. The third-order valence-electron chi connectivity index (χ3n) is 3.98. The summed E-state index contributed by atoms with van der Waals surface area (Å²) in [5.74, 6) is 0.990. The van der Waals surface area contributed by atoms with E-state index in [-0.39, 0.29) is 0 Å². The lowest BCUT2D eigenvalue weighted by Gasteiger charge is -2.34. The van der Waals surface area contributed by atoms with E-state index in [1.165, 1.54) is 5.56 Å². The maximum absolute atomic E-state index is 4.20. The highest BCUT2D eigenvalue weighted by atomic mass is 32.1. The van der Waals surface area contributed by atoms with E-state index < -0.39 is 0 Å². The molecule has 2 aromatic heterocycles. The molecule has 3 rings (SSSR count). The van der Waals surface area contributed by atoms with Crippen LogP contribution >= 0.6 is 11.3 Å². The largest absolute Gasteiger partial charge is 0.288 e. The predicted molar refractivity (Wildman–Crippen MR) is 79.6 cm³/mol. The predicted octanol–water partition coefficient (Wildman–Crippen LogP) is 2.65. The van der Waals surface area contributed by atoms with Crippen molar-refractivity contribution in [2.24, 2.45) is 0 Å². The number of nitrogens with zero attached hydrogens (tertiary/aromatic N) is 5. The molecule has 0 unspecified atom stereocenters. The minimum absolute atomic E-state index is 0.511. The van der Waals surface area contributed by atoms with E-state index in [0.717, 1.165) is 44.7 Å². The molecular formula is C14H21N5S. The van der Waals surface area contributed by atoms with Crippen molar-refractivity contribution in [2.45, 2.75) is 52.2 Å². The van der Waals surface area contributed by atoms with E-state index in [2.05, 4.69) is 45.7 Å². The van der Waals surface area contributed by atoms with Crippen LogP contribution in [0.3, 0.4) is 0 Å². The Labute approximate surface area is 123 Å². The molecule has 20 heavy (non-hydrogen) atoms. The highest BCUT2D eigenvalue weighted by Crippen LogP contribution is 2.35. The molecule has 0 saturated heterocycles. The SMILES string of the molecule is CCCn1nnnc1CN1CCc2sccc2[C@@H]1CC. The molecule has 1 atom stereocenters. The standard InChI is InChI=1S/C14H21N5S/c1-3-7-19-14(15-16-17-19)10-18-8-5-13-11(6-9-20-13)12(18)4-2/h6,9,12H,3-5,7-8,10H2,1-2H3/t12-/m0/s1. The monoisotopic (exact) mass is 291 g/mol. The summed E-state index contributed by atoms with van der Waals surface area (Å²) in [6.45, 7) is 7.26. The van der Waals surface area contributed by atoms with Gasteiger partial charge in [-0.1, -0.05) is 13.8 Å². The van der Waals surface area contributed by atoms with Gasteiger partial charge in [-0.2, -0.15) is 0 Å². The van der Waals surface area contributed by atoms with Gasteiger partial charge in [0.25, 0.3) is 0 Å². The van der Waals surface area contributed by atoms with Crippen molar-refractivity contribution >= 4 is 11.3 Å². The Kier molecular flexibility index (Phi) is 4.12. The van der Waals surface area contributed by atoms with Crippen molar-refractivity contribution in [1.82, 2.24) is 25.1 Å². The Bertz CT molecular complexity index is 561. The highest BCUT2D eigenvalue weighted by molar-refractivity contribution is 7.10. The fraction of sp³-hybridized carbons (Fsp3) is 0.643. The quantitative estimate of drug-likeness (QED) is 0.849. The Morgan fingerprint density at radius 1 is 1.40 bits per heavy atom. The van der Waals surface area contributed by atoms with Gasteiger partial charge in [0.2, 0.25) is 0 Å². The second kappa shape index (κ2) is 6.01. The van der Waals surface area contributed by atoms with Crippen LogP contribution < -0.4 is 0 Å². The van der Waals surface area contributed by atoms with Gasteiger partial charge in [0, 0.05) is 24.0 Å². The Balaban J connectivity index is 1.79. The van der Waals surface area contributed by atoms with Gasteiger partial charge >= 0.3 is 0 Å². The summed E-state index contributed by atoms with van der Waals surface area (Å²) in [6.07, 6.45) is 3.35. The molecule has 0 fully saturated rings. The van der Waals surface area contributed by atoms with Crippen molar-refractivity contribution in [2.75, 3.05) is 6.54 Å². The van der Waals surface area contributed by atoms with Crippen LogP contribution in [0.1, 0.15) is 49.0 Å². The lowest BCUT2D eigenvalue weighted by atomic mass is 9.98. The van der Waals surface area contributed by atoms with Crippen molar-refractivity contribution in [3.8, 4) is 0 Å². The topological polar surface area (TPSA) is 46.8 Å². The minimum Gasteiger partial charge on any atom is -0.288 e. The van der Waals surface area contributed by atoms with Gasteiger partial charge in [-0.25, -0.2) is 4.68 Å². The summed E-state index contributed by atoms with van der Waals surface area (Å²) in [5, 5.41) is 14.3. The van der Waals surface area contributed by atoms with Crippen LogP contribution in [0.4, 0.5) is 0 Å². The van der Waals surface area contributed by atoms with Crippen LogP contribution in [0.25, 0.3) is 0 Å². The maximum atomic E-state index is 4.20. The minimum atomic E-state index is 0.511. The fourth-order valence-corrected chi connectivity index (χ4v) is 3.95. The van der Waals surface area contributed by atoms with Crippen LogP contribution in [-0.2, 0) is 19.5 Å². The maximum Gasteiger partial charge on any atom is 0.165 e. The summed E-state index contributed by atoms with van der Waals surface area (Å²) in [5.41, 5.74) is 1.51. The van der Waals surface area contributed by atoms with Gasteiger partial charge < -0.3 is 0 Å². The lowest BCUT2D eigenvalue weighted by molar-refractivity contribution is 0.165. The molecule has 0 aliphatic carbocycles. The molecule has 0 bridgehead atoms. The smallest absolute Gasteiger partial charge is 0.165 e. The zero-order valence-electron chi connectivity index (χ0n) is 12.1. The summed E-state index contributed by atoms with van der Waals surface area (Å²) in [7, 11) is 0. The molecule has 1 aliphatic rings. The molecule has 6 heteroatoms.